The highest BCUT2D eigenvalue weighted by Crippen LogP contribution is 2.48. The van der Waals surface area contributed by atoms with Gasteiger partial charge in [0.15, 0.2) is 0 Å². The maximum atomic E-state index is 12.6. The van der Waals surface area contributed by atoms with Gasteiger partial charge in [-0.2, -0.15) is 13.2 Å². The number of hydrogen-bond acceptors (Lipinski definition) is 1. The summed E-state index contributed by atoms with van der Waals surface area (Å²) in [5.41, 5.74) is 6.10. The minimum Gasteiger partial charge on any atom is -0.321 e. The largest absolute Gasteiger partial charge is 0.416 e. The summed E-state index contributed by atoms with van der Waals surface area (Å²) in [6.07, 6.45) is -0.300. The molecule has 1 fully saturated rings. The fraction of sp³-hybridized carbons (Fsp3) is 0.600. The number of alkyl halides is 3. The highest BCUT2D eigenvalue weighted by molar-refractivity contribution is 5.32. The van der Waals surface area contributed by atoms with E-state index < -0.39 is 17.3 Å². The fourth-order valence-corrected chi connectivity index (χ4v) is 3.02. The zero-order valence-electron chi connectivity index (χ0n) is 11.3. The van der Waals surface area contributed by atoms with Crippen LogP contribution in [0.2, 0.25) is 0 Å². The Kier molecular flexibility index (Phi) is 3.42. The predicted octanol–water partition coefficient (Wildman–Crippen LogP) is 4.46. The topological polar surface area (TPSA) is 26.0 Å². The normalized spacial score (nSPS) is 27.3. The average molecular weight is 271 g/mol. The van der Waals surface area contributed by atoms with Crippen LogP contribution in [-0.2, 0) is 11.7 Å². The number of nitrogens with two attached hydrogens (primary N) is 1. The van der Waals surface area contributed by atoms with Gasteiger partial charge in [0.25, 0.3) is 0 Å². The van der Waals surface area contributed by atoms with Crippen LogP contribution in [0.1, 0.15) is 50.7 Å². The molecule has 0 aromatic heterocycles. The molecule has 0 bridgehead atoms. The lowest BCUT2D eigenvalue weighted by Crippen LogP contribution is -2.51. The third-order valence-electron chi connectivity index (χ3n) is 4.56. The summed E-state index contributed by atoms with van der Waals surface area (Å²) in [6, 6.07) is 5.34. The van der Waals surface area contributed by atoms with E-state index in [1.54, 1.807) is 0 Å². The summed E-state index contributed by atoms with van der Waals surface area (Å²) in [5.74, 6) is 0. The Labute approximate surface area is 112 Å². The second-order valence-electron chi connectivity index (χ2n) is 6.14. The molecule has 1 aromatic rings. The fourth-order valence-electron chi connectivity index (χ4n) is 3.02. The molecule has 1 atom stereocenters. The van der Waals surface area contributed by atoms with E-state index in [4.69, 9.17) is 5.73 Å². The van der Waals surface area contributed by atoms with E-state index in [1.165, 1.54) is 12.1 Å². The minimum atomic E-state index is -4.29. The summed E-state index contributed by atoms with van der Waals surface area (Å²) >= 11 is 0. The molecule has 1 aromatic carbocycles. The summed E-state index contributed by atoms with van der Waals surface area (Å²) in [7, 11) is 0. The van der Waals surface area contributed by atoms with Crippen molar-refractivity contribution in [3.8, 4) is 0 Å². The highest BCUT2D eigenvalue weighted by Gasteiger charge is 2.44. The Morgan fingerprint density at radius 2 is 1.53 bits per heavy atom. The van der Waals surface area contributed by atoms with Gasteiger partial charge in [-0.1, -0.05) is 38.8 Å². The first-order chi connectivity index (χ1) is 8.67. The van der Waals surface area contributed by atoms with Gasteiger partial charge in [0, 0.05) is 5.54 Å². The lowest BCUT2D eigenvalue weighted by atomic mass is 9.61. The van der Waals surface area contributed by atoms with Crippen molar-refractivity contribution in [2.24, 2.45) is 11.1 Å². The number of rotatable bonds is 1. The molecule has 1 aliphatic rings. The Hall–Kier alpha value is -1.03. The first-order valence-corrected chi connectivity index (χ1v) is 6.63. The summed E-state index contributed by atoms with van der Waals surface area (Å²) in [5, 5.41) is 0. The first-order valence-electron chi connectivity index (χ1n) is 6.63. The van der Waals surface area contributed by atoms with Crippen LogP contribution >= 0.6 is 0 Å². The van der Waals surface area contributed by atoms with E-state index >= 15 is 0 Å². The molecule has 1 unspecified atom stereocenters. The van der Waals surface area contributed by atoms with Crippen LogP contribution in [0.15, 0.2) is 24.3 Å². The Balaban J connectivity index is 2.36. The Bertz CT molecular complexity index is 447. The predicted molar refractivity (Wildman–Crippen MR) is 69.6 cm³/mol. The van der Waals surface area contributed by atoms with Gasteiger partial charge >= 0.3 is 6.18 Å². The van der Waals surface area contributed by atoms with Crippen molar-refractivity contribution < 1.29 is 13.2 Å². The van der Waals surface area contributed by atoms with Gasteiger partial charge in [0.1, 0.15) is 0 Å². The molecule has 1 saturated carbocycles. The van der Waals surface area contributed by atoms with Crippen LogP contribution in [-0.4, -0.2) is 0 Å². The van der Waals surface area contributed by atoms with E-state index in [9.17, 15) is 13.2 Å². The van der Waals surface area contributed by atoms with Crippen molar-refractivity contribution in [1.29, 1.82) is 0 Å². The van der Waals surface area contributed by atoms with Crippen LogP contribution in [0.3, 0.4) is 0 Å². The molecule has 1 nitrogen and oxygen atoms in total. The molecule has 0 saturated heterocycles. The standard InChI is InChI=1S/C15H20F3N/c1-13(2)9-3-4-10-14(13,19)11-5-7-12(8-6-11)15(16,17)18/h5-8H,3-4,9-10,19H2,1-2H3. The number of halogens is 3. The van der Waals surface area contributed by atoms with Crippen molar-refractivity contribution >= 4 is 0 Å². The van der Waals surface area contributed by atoms with Crippen LogP contribution in [0.4, 0.5) is 13.2 Å². The second-order valence-corrected chi connectivity index (χ2v) is 6.14. The third-order valence-corrected chi connectivity index (χ3v) is 4.56. The Morgan fingerprint density at radius 1 is 1.00 bits per heavy atom. The quantitative estimate of drug-likeness (QED) is 0.801. The molecular weight excluding hydrogens is 251 g/mol. The highest BCUT2D eigenvalue weighted by atomic mass is 19.4. The molecule has 106 valence electrons. The molecule has 1 aliphatic carbocycles. The van der Waals surface area contributed by atoms with E-state index in [0.29, 0.717) is 0 Å². The van der Waals surface area contributed by atoms with E-state index in [1.807, 2.05) is 0 Å². The van der Waals surface area contributed by atoms with Crippen molar-refractivity contribution in [3.05, 3.63) is 35.4 Å². The smallest absolute Gasteiger partial charge is 0.321 e. The van der Waals surface area contributed by atoms with Gasteiger partial charge in [-0.25, -0.2) is 0 Å². The van der Waals surface area contributed by atoms with Crippen molar-refractivity contribution in [2.75, 3.05) is 0 Å². The van der Waals surface area contributed by atoms with E-state index in [0.717, 1.165) is 43.4 Å². The van der Waals surface area contributed by atoms with Crippen LogP contribution in [0.25, 0.3) is 0 Å². The lowest BCUT2D eigenvalue weighted by molar-refractivity contribution is -0.137. The number of hydrogen-bond donors (Lipinski definition) is 1. The maximum absolute atomic E-state index is 12.6. The summed E-state index contributed by atoms with van der Waals surface area (Å²) in [6.45, 7) is 4.20. The molecule has 2 rings (SSSR count). The average Bonchev–Trinajstić information content (AvgIpc) is 2.32. The number of benzene rings is 1. The van der Waals surface area contributed by atoms with E-state index in [2.05, 4.69) is 13.8 Å². The zero-order chi connectivity index (χ0) is 14.3. The monoisotopic (exact) mass is 271 g/mol. The molecular formula is C15H20F3N. The second kappa shape index (κ2) is 4.51. The van der Waals surface area contributed by atoms with Crippen molar-refractivity contribution in [3.63, 3.8) is 0 Å². The summed E-state index contributed by atoms with van der Waals surface area (Å²) in [4.78, 5) is 0. The minimum absolute atomic E-state index is 0.0923. The Morgan fingerprint density at radius 3 is 2.00 bits per heavy atom. The van der Waals surface area contributed by atoms with Gasteiger partial charge in [0.05, 0.1) is 5.56 Å². The molecule has 2 N–H and O–H groups in total. The van der Waals surface area contributed by atoms with Crippen molar-refractivity contribution in [2.45, 2.75) is 51.2 Å². The van der Waals surface area contributed by atoms with Gasteiger partial charge in [-0.15, -0.1) is 0 Å². The SMILES string of the molecule is CC1(C)CCCCC1(N)c1ccc(C(F)(F)F)cc1. The van der Waals surface area contributed by atoms with Crippen LogP contribution in [0, 0.1) is 5.41 Å². The van der Waals surface area contributed by atoms with E-state index in [-0.39, 0.29) is 5.41 Å². The van der Waals surface area contributed by atoms with Gasteiger partial charge < -0.3 is 5.73 Å². The van der Waals surface area contributed by atoms with Gasteiger partial charge in [-0.3, -0.25) is 0 Å². The maximum Gasteiger partial charge on any atom is 0.416 e. The van der Waals surface area contributed by atoms with Crippen LogP contribution in [0.5, 0.6) is 0 Å². The molecule has 4 heteroatoms. The molecule has 19 heavy (non-hydrogen) atoms. The summed E-state index contributed by atoms with van der Waals surface area (Å²) < 4.78 is 37.7. The van der Waals surface area contributed by atoms with Gasteiger partial charge in [0.2, 0.25) is 0 Å². The molecule has 0 heterocycles. The molecule has 0 spiro atoms. The zero-order valence-corrected chi connectivity index (χ0v) is 11.3. The lowest BCUT2D eigenvalue weighted by Gasteiger charge is -2.48. The molecule has 0 aliphatic heterocycles. The van der Waals surface area contributed by atoms with Gasteiger partial charge in [-0.05, 0) is 36.0 Å². The molecule has 0 radical (unpaired) electrons. The molecule has 0 amide bonds. The van der Waals surface area contributed by atoms with Crippen molar-refractivity contribution in [1.82, 2.24) is 0 Å². The first kappa shape index (κ1) is 14.4. The third kappa shape index (κ3) is 2.50. The van der Waals surface area contributed by atoms with Crippen LogP contribution < -0.4 is 5.73 Å².